The summed E-state index contributed by atoms with van der Waals surface area (Å²) < 4.78 is 0. The largest absolute Gasteiger partial charge is 0.346 e. The van der Waals surface area contributed by atoms with Crippen molar-refractivity contribution < 1.29 is 4.79 Å². The second kappa shape index (κ2) is 6.17. The topological polar surface area (TPSA) is 33.2 Å². The molecule has 0 spiro atoms. The molecule has 0 atom stereocenters. The van der Waals surface area contributed by atoms with E-state index in [-0.39, 0.29) is 0 Å². The highest BCUT2D eigenvalue weighted by Crippen LogP contribution is 2.06. The van der Waals surface area contributed by atoms with Gasteiger partial charge in [0.05, 0.1) is 0 Å². The molecule has 3 nitrogen and oxygen atoms in total. The number of amides is 1. The zero-order chi connectivity index (χ0) is 11.1. The molecule has 0 radical (unpaired) electrons. The Labute approximate surface area is 91.1 Å². The molecular weight excluding hydrogens is 188 g/mol. The van der Waals surface area contributed by atoms with Crippen LogP contribution < -0.4 is 0 Å². The van der Waals surface area contributed by atoms with Crippen LogP contribution in [0.1, 0.15) is 25.0 Å². The van der Waals surface area contributed by atoms with Gasteiger partial charge in [-0.2, -0.15) is 0 Å². The van der Waals surface area contributed by atoms with Crippen LogP contribution in [0.2, 0.25) is 0 Å². The zero-order valence-electron chi connectivity index (χ0n) is 9.44. The SMILES string of the molecule is CN1CCCCC1=O.Cc1ccccn1. The van der Waals surface area contributed by atoms with Gasteiger partial charge in [-0.15, -0.1) is 0 Å². The fraction of sp³-hybridized carbons (Fsp3) is 0.500. The third kappa shape index (κ3) is 4.58. The van der Waals surface area contributed by atoms with E-state index >= 15 is 0 Å². The van der Waals surface area contributed by atoms with Gasteiger partial charge in [0.1, 0.15) is 0 Å². The summed E-state index contributed by atoms with van der Waals surface area (Å²) in [5.74, 6) is 0.302. The van der Waals surface area contributed by atoms with Crippen molar-refractivity contribution in [3.8, 4) is 0 Å². The summed E-state index contributed by atoms with van der Waals surface area (Å²) in [4.78, 5) is 16.5. The Bertz CT molecular complexity index is 298. The first-order chi connectivity index (χ1) is 7.20. The molecule has 15 heavy (non-hydrogen) atoms. The Morgan fingerprint density at radius 3 is 2.47 bits per heavy atom. The van der Waals surface area contributed by atoms with Crippen LogP contribution in [-0.2, 0) is 4.79 Å². The lowest BCUT2D eigenvalue weighted by molar-refractivity contribution is -0.131. The Morgan fingerprint density at radius 2 is 2.13 bits per heavy atom. The lowest BCUT2D eigenvalue weighted by Crippen LogP contribution is -2.31. The number of rotatable bonds is 0. The van der Waals surface area contributed by atoms with Gasteiger partial charge < -0.3 is 4.90 Å². The number of carbonyl (C=O) groups is 1. The van der Waals surface area contributed by atoms with Gasteiger partial charge >= 0.3 is 0 Å². The van der Waals surface area contributed by atoms with E-state index in [9.17, 15) is 4.79 Å². The second-order valence-corrected chi connectivity index (χ2v) is 3.74. The van der Waals surface area contributed by atoms with E-state index in [1.54, 1.807) is 11.1 Å². The van der Waals surface area contributed by atoms with Crippen molar-refractivity contribution >= 4 is 5.91 Å². The van der Waals surface area contributed by atoms with Crippen molar-refractivity contribution in [3.63, 3.8) is 0 Å². The van der Waals surface area contributed by atoms with Crippen molar-refractivity contribution in [2.45, 2.75) is 26.2 Å². The number of aromatic nitrogens is 1. The molecule has 0 saturated carbocycles. The minimum absolute atomic E-state index is 0.302. The average molecular weight is 206 g/mol. The number of hydrogen-bond acceptors (Lipinski definition) is 2. The number of hydrogen-bond donors (Lipinski definition) is 0. The Kier molecular flexibility index (Phi) is 4.81. The van der Waals surface area contributed by atoms with Gasteiger partial charge in [-0.3, -0.25) is 9.78 Å². The van der Waals surface area contributed by atoms with E-state index in [2.05, 4.69) is 4.98 Å². The quantitative estimate of drug-likeness (QED) is 0.650. The third-order valence-electron chi connectivity index (χ3n) is 2.37. The molecule has 3 heteroatoms. The summed E-state index contributed by atoms with van der Waals surface area (Å²) in [6, 6.07) is 5.86. The Morgan fingerprint density at radius 1 is 1.33 bits per heavy atom. The molecule has 0 bridgehead atoms. The smallest absolute Gasteiger partial charge is 0.222 e. The summed E-state index contributed by atoms with van der Waals surface area (Å²) in [6.07, 6.45) is 4.82. The molecule has 1 aliphatic heterocycles. The number of likely N-dealkylation sites (tertiary alicyclic amines) is 1. The molecule has 2 heterocycles. The standard InChI is InChI=1S/C6H11NO.C6H7N/c1-7-5-3-2-4-6(7)8;1-6-4-2-3-5-7-6/h2-5H2,1H3;2-5H,1H3. The molecule has 1 fully saturated rings. The summed E-state index contributed by atoms with van der Waals surface area (Å²) in [6.45, 7) is 2.93. The van der Waals surface area contributed by atoms with Crippen LogP contribution in [0.3, 0.4) is 0 Å². The van der Waals surface area contributed by atoms with Gasteiger partial charge in [0.15, 0.2) is 0 Å². The first-order valence-electron chi connectivity index (χ1n) is 5.32. The molecule has 0 aliphatic carbocycles. The average Bonchev–Trinajstić information content (AvgIpc) is 2.25. The normalized spacial score (nSPS) is 15.6. The summed E-state index contributed by atoms with van der Waals surface area (Å²) >= 11 is 0. The van der Waals surface area contributed by atoms with Gasteiger partial charge in [-0.05, 0) is 31.9 Å². The van der Waals surface area contributed by atoms with Crippen molar-refractivity contribution in [2.24, 2.45) is 0 Å². The fourth-order valence-electron chi connectivity index (χ4n) is 1.39. The number of nitrogens with zero attached hydrogens (tertiary/aromatic N) is 2. The molecule has 1 aliphatic rings. The molecular formula is C12H18N2O. The molecule has 2 rings (SSSR count). The molecule has 0 aromatic carbocycles. The van der Waals surface area contributed by atoms with Crippen molar-refractivity contribution in [2.75, 3.05) is 13.6 Å². The van der Waals surface area contributed by atoms with Crippen LogP contribution in [0.4, 0.5) is 0 Å². The molecule has 1 amide bonds. The van der Waals surface area contributed by atoms with Crippen molar-refractivity contribution in [3.05, 3.63) is 30.1 Å². The maximum Gasteiger partial charge on any atom is 0.222 e. The predicted molar refractivity (Wildman–Crippen MR) is 60.5 cm³/mol. The summed E-state index contributed by atoms with van der Waals surface area (Å²) in [5, 5.41) is 0. The monoisotopic (exact) mass is 206 g/mol. The van der Waals surface area contributed by atoms with Crippen LogP contribution in [0.5, 0.6) is 0 Å². The highest BCUT2D eigenvalue weighted by Gasteiger charge is 2.12. The molecule has 1 aromatic rings. The van der Waals surface area contributed by atoms with Gasteiger partial charge in [0, 0.05) is 31.9 Å². The highest BCUT2D eigenvalue weighted by atomic mass is 16.2. The van der Waals surface area contributed by atoms with E-state index in [0.717, 1.165) is 25.1 Å². The number of piperidine rings is 1. The van der Waals surface area contributed by atoms with Crippen molar-refractivity contribution in [1.82, 2.24) is 9.88 Å². The van der Waals surface area contributed by atoms with Crippen LogP contribution in [-0.4, -0.2) is 29.4 Å². The van der Waals surface area contributed by atoms with Crippen LogP contribution in [0, 0.1) is 6.92 Å². The number of carbonyl (C=O) groups excluding carboxylic acids is 1. The zero-order valence-corrected chi connectivity index (χ0v) is 9.44. The number of aryl methyl sites for hydroxylation is 1. The maximum absolute atomic E-state index is 10.7. The third-order valence-corrected chi connectivity index (χ3v) is 2.37. The lowest BCUT2D eigenvalue weighted by Gasteiger charge is -2.21. The minimum Gasteiger partial charge on any atom is -0.346 e. The molecule has 1 aromatic heterocycles. The van der Waals surface area contributed by atoms with E-state index in [1.165, 1.54) is 6.42 Å². The van der Waals surface area contributed by atoms with Gasteiger partial charge in [0.2, 0.25) is 5.91 Å². The van der Waals surface area contributed by atoms with E-state index in [0.29, 0.717) is 5.91 Å². The molecule has 0 N–H and O–H groups in total. The second-order valence-electron chi connectivity index (χ2n) is 3.74. The van der Waals surface area contributed by atoms with Crippen LogP contribution >= 0.6 is 0 Å². The summed E-state index contributed by atoms with van der Waals surface area (Å²) in [7, 11) is 1.86. The van der Waals surface area contributed by atoms with Crippen LogP contribution in [0.25, 0.3) is 0 Å². The maximum atomic E-state index is 10.7. The molecule has 1 saturated heterocycles. The highest BCUT2D eigenvalue weighted by molar-refractivity contribution is 5.76. The van der Waals surface area contributed by atoms with Gasteiger partial charge in [-0.1, -0.05) is 6.07 Å². The molecule has 0 unspecified atom stereocenters. The fourth-order valence-corrected chi connectivity index (χ4v) is 1.39. The van der Waals surface area contributed by atoms with E-state index < -0.39 is 0 Å². The minimum atomic E-state index is 0.302. The summed E-state index contributed by atoms with van der Waals surface area (Å²) in [5.41, 5.74) is 1.07. The van der Waals surface area contributed by atoms with Crippen molar-refractivity contribution in [1.29, 1.82) is 0 Å². The van der Waals surface area contributed by atoms with Gasteiger partial charge in [-0.25, -0.2) is 0 Å². The van der Waals surface area contributed by atoms with Crippen LogP contribution in [0.15, 0.2) is 24.4 Å². The van der Waals surface area contributed by atoms with E-state index in [4.69, 9.17) is 0 Å². The molecule has 82 valence electrons. The first kappa shape index (κ1) is 11.7. The predicted octanol–water partition coefficient (Wildman–Crippen LogP) is 2.02. The Hall–Kier alpha value is -1.38. The lowest BCUT2D eigenvalue weighted by atomic mass is 10.1. The van der Waals surface area contributed by atoms with E-state index in [1.807, 2.05) is 32.2 Å². The van der Waals surface area contributed by atoms with Gasteiger partial charge in [0.25, 0.3) is 0 Å². The first-order valence-corrected chi connectivity index (χ1v) is 5.32. The number of pyridine rings is 1. The Balaban J connectivity index is 0.000000151.